The number of hydrogen-bond donors (Lipinski definition) is 1. The van der Waals surface area contributed by atoms with E-state index in [2.05, 4.69) is 41.4 Å². The van der Waals surface area contributed by atoms with Crippen molar-refractivity contribution in [2.75, 3.05) is 26.2 Å². The van der Waals surface area contributed by atoms with E-state index >= 15 is 0 Å². The number of nitrogens with zero attached hydrogens (tertiary/aromatic N) is 1. The molecule has 0 bridgehead atoms. The molecule has 2 aromatic rings. The van der Waals surface area contributed by atoms with Crippen LogP contribution in [-0.4, -0.2) is 57.3 Å². The fourth-order valence-corrected chi connectivity index (χ4v) is 6.04. The van der Waals surface area contributed by atoms with Crippen LogP contribution in [-0.2, 0) is 4.79 Å². The Balaban J connectivity index is 0.000000411. The van der Waals surface area contributed by atoms with Gasteiger partial charge in [0.2, 0.25) is 0 Å². The Hall–Kier alpha value is -2.88. The van der Waals surface area contributed by atoms with Crippen molar-refractivity contribution in [1.82, 2.24) is 10.2 Å². The van der Waals surface area contributed by atoms with Gasteiger partial charge in [0, 0.05) is 0 Å². The number of fused-ring (bicyclic) bond motifs is 1. The zero-order valence-electron chi connectivity index (χ0n) is 20.7. The summed E-state index contributed by atoms with van der Waals surface area (Å²) in [5.74, 6) is 1.30. The first-order valence-corrected chi connectivity index (χ1v) is 14.3. The normalized spacial score (nSPS) is 13.9. The van der Waals surface area contributed by atoms with Crippen LogP contribution in [0, 0.1) is 13.8 Å². The van der Waals surface area contributed by atoms with E-state index in [-0.39, 0.29) is 10.5 Å². The number of benzene rings is 3. The number of nitrogens with one attached hydrogen (secondary N) is 1. The molecule has 2 aromatic carbocycles. The number of carbonyl (C=O) groups is 2. The third kappa shape index (κ3) is 7.30. The molecule has 182 valence electrons. The second-order valence-corrected chi connectivity index (χ2v) is 12.3. The predicted octanol–water partition coefficient (Wildman–Crippen LogP) is 4.20. The van der Waals surface area contributed by atoms with Crippen molar-refractivity contribution in [2.24, 2.45) is 0 Å². The van der Waals surface area contributed by atoms with Gasteiger partial charge in [0.1, 0.15) is 0 Å². The van der Waals surface area contributed by atoms with E-state index in [4.69, 9.17) is 4.74 Å². The molecule has 2 aliphatic carbocycles. The Kier molecular flexibility index (Phi) is 8.43. The molecule has 1 fully saturated rings. The van der Waals surface area contributed by atoms with Gasteiger partial charge in [-0.15, -0.1) is 0 Å². The van der Waals surface area contributed by atoms with Crippen molar-refractivity contribution in [3.8, 4) is 22.6 Å². The van der Waals surface area contributed by atoms with Gasteiger partial charge < -0.3 is 0 Å². The summed E-state index contributed by atoms with van der Waals surface area (Å²) in [4.78, 5) is 26.9. The number of hydrogen-bond acceptors (Lipinski definition) is 4. The monoisotopic (exact) mass is 532 g/mol. The molecular formula is C29H33AsN2O3. The van der Waals surface area contributed by atoms with Gasteiger partial charge in [0.25, 0.3) is 0 Å². The largest absolute Gasteiger partial charge is 0.0610 e. The van der Waals surface area contributed by atoms with Crippen LogP contribution in [0.1, 0.15) is 41.3 Å². The molecule has 1 saturated heterocycles. The van der Waals surface area contributed by atoms with Crippen molar-refractivity contribution in [3.05, 3.63) is 77.4 Å². The molecule has 0 spiro atoms. The van der Waals surface area contributed by atoms with Crippen LogP contribution in [0.2, 0.25) is 0 Å². The van der Waals surface area contributed by atoms with Crippen LogP contribution in [0.4, 0.5) is 0 Å². The van der Waals surface area contributed by atoms with Gasteiger partial charge in [-0.2, -0.15) is 0 Å². The van der Waals surface area contributed by atoms with Crippen LogP contribution in [0.3, 0.4) is 0 Å². The first-order chi connectivity index (χ1) is 16.9. The van der Waals surface area contributed by atoms with E-state index in [0.717, 1.165) is 35.3 Å². The fraction of sp³-hybridized carbons (Fsp3) is 0.310. The maximum absolute atomic E-state index is 12.7. The van der Waals surface area contributed by atoms with Crippen LogP contribution in [0.15, 0.2) is 60.7 Å². The first-order valence-electron chi connectivity index (χ1n) is 12.2. The molecule has 1 aliphatic heterocycles. The van der Waals surface area contributed by atoms with Crippen LogP contribution in [0.5, 0.6) is 11.5 Å². The minimum absolute atomic E-state index is 0.109. The molecule has 1 unspecified atom stereocenters. The Bertz CT molecular complexity index is 1200. The van der Waals surface area contributed by atoms with Crippen molar-refractivity contribution in [3.63, 3.8) is 0 Å². The van der Waals surface area contributed by atoms with E-state index in [0.29, 0.717) is 17.9 Å². The maximum atomic E-state index is 12.7. The third-order valence-electron chi connectivity index (χ3n) is 6.29. The molecule has 3 aliphatic rings. The van der Waals surface area contributed by atoms with Crippen LogP contribution < -0.4 is 14.4 Å². The van der Waals surface area contributed by atoms with Crippen molar-refractivity contribution in [2.45, 2.75) is 33.6 Å². The Morgan fingerprint density at radius 3 is 2.20 bits per heavy atom. The molecule has 5 nitrogen and oxygen atoms in total. The van der Waals surface area contributed by atoms with Gasteiger partial charge in [0.15, 0.2) is 0 Å². The van der Waals surface area contributed by atoms with Gasteiger partial charge in [-0.25, -0.2) is 0 Å². The summed E-state index contributed by atoms with van der Waals surface area (Å²) in [5.41, 5.74) is 5.81. The van der Waals surface area contributed by atoms with Gasteiger partial charge in [-0.05, 0) is 17.2 Å². The van der Waals surface area contributed by atoms with E-state index in [9.17, 15) is 9.59 Å². The number of carbonyl (C=O) groups excluding carboxylic acids is 2. The Labute approximate surface area is 214 Å². The van der Waals surface area contributed by atoms with Crippen LogP contribution in [0.25, 0.3) is 11.1 Å². The maximum Gasteiger partial charge on any atom is -0.0178 e. The summed E-state index contributed by atoms with van der Waals surface area (Å²) in [7, 11) is 0. The zero-order valence-corrected chi connectivity index (χ0v) is 22.8. The van der Waals surface area contributed by atoms with Crippen molar-refractivity contribution < 1.29 is 14.3 Å². The van der Waals surface area contributed by atoms with Gasteiger partial charge in [-0.3, -0.25) is 0 Å². The zero-order chi connectivity index (χ0) is 24.8. The molecule has 1 atom stereocenters. The number of likely N-dealkylation sites (tertiary alicyclic amines) is 1. The van der Waals surface area contributed by atoms with E-state index in [1.165, 1.54) is 29.5 Å². The Morgan fingerprint density at radius 2 is 1.60 bits per heavy atom. The SMILES string of the molecule is CC(=O)[AsH]c1cc(Oc2ccc(C)c(C)c2)ccc1C(=O)NCCN1CCCC1.c1cc2cc-2c1. The van der Waals surface area contributed by atoms with E-state index < -0.39 is 15.8 Å². The summed E-state index contributed by atoms with van der Waals surface area (Å²) in [6, 6.07) is 19.9. The smallest absolute Gasteiger partial charge is 0.0178 e. The average molecular weight is 533 g/mol. The van der Waals surface area contributed by atoms with Gasteiger partial charge in [0.05, 0.1) is 0 Å². The quantitative estimate of drug-likeness (QED) is 0.346. The number of aryl methyl sites for hydroxylation is 2. The molecule has 1 heterocycles. The second-order valence-electron chi connectivity index (χ2n) is 9.12. The number of amides is 1. The average Bonchev–Trinajstić information content (AvgIpc) is 3.18. The molecule has 1 N–H and O–H groups in total. The predicted molar refractivity (Wildman–Crippen MR) is 143 cm³/mol. The van der Waals surface area contributed by atoms with Crippen molar-refractivity contribution in [1.29, 1.82) is 0 Å². The summed E-state index contributed by atoms with van der Waals surface area (Å²) in [6.07, 6.45) is 2.48. The summed E-state index contributed by atoms with van der Waals surface area (Å²) < 4.78 is 6.95. The third-order valence-corrected chi connectivity index (χ3v) is 8.46. The molecule has 0 saturated carbocycles. The minimum atomic E-state index is -1.06. The minimum Gasteiger partial charge on any atom is -0.0610 e. The molecule has 1 amide bonds. The summed E-state index contributed by atoms with van der Waals surface area (Å²) in [6.45, 7) is 9.42. The molecular weight excluding hydrogens is 499 g/mol. The Morgan fingerprint density at radius 1 is 0.914 bits per heavy atom. The standard InChI is InChI=1S/C23H29AsN2O3.C6H4/c1-16-6-7-19(14-17(16)2)29-20-8-9-21(22(15-20)24-18(3)27)23(28)25-10-13-26-11-4-5-12-26;1-2-5-4-6(5)3-1/h6-9,14-15,24H,4-5,10-13H2,1-3H3,(H,25,28);1-4H. The second kappa shape index (κ2) is 11.7. The summed E-state index contributed by atoms with van der Waals surface area (Å²) >= 11 is -1.06. The molecule has 0 aromatic heterocycles. The molecule has 6 heteroatoms. The fourth-order valence-electron chi connectivity index (χ4n) is 4.10. The summed E-state index contributed by atoms with van der Waals surface area (Å²) in [5, 5.41) is 3.01. The number of ether oxygens (including phenoxy) is 1. The number of rotatable bonds is 8. The van der Waals surface area contributed by atoms with Crippen molar-refractivity contribution >= 4 is 30.6 Å². The van der Waals surface area contributed by atoms with Gasteiger partial charge in [-0.1, -0.05) is 18.2 Å². The van der Waals surface area contributed by atoms with E-state index in [1.807, 2.05) is 31.2 Å². The van der Waals surface area contributed by atoms with Gasteiger partial charge >= 0.3 is 180 Å². The van der Waals surface area contributed by atoms with E-state index in [1.54, 1.807) is 19.1 Å². The topological polar surface area (TPSA) is 58.6 Å². The van der Waals surface area contributed by atoms with Crippen LogP contribution >= 0.6 is 0 Å². The first kappa shape index (κ1) is 25.2. The molecule has 35 heavy (non-hydrogen) atoms. The molecule has 5 rings (SSSR count). The molecule has 0 radical (unpaired) electrons.